The lowest BCUT2D eigenvalue weighted by Crippen LogP contribution is -2.11. The lowest BCUT2D eigenvalue weighted by atomic mass is 9.96. The number of furan rings is 3. The molecule has 0 saturated heterocycles. The molecule has 15 rings (SSSR count). The number of rotatable bonds is 8. The van der Waals surface area contributed by atoms with Crippen LogP contribution in [0.3, 0.4) is 0 Å². The van der Waals surface area contributed by atoms with E-state index in [1.807, 2.05) is 24.3 Å². The highest BCUT2D eigenvalue weighted by atomic mass is 16.3. The van der Waals surface area contributed by atoms with Crippen molar-refractivity contribution in [1.29, 1.82) is 0 Å². The Morgan fingerprint density at radius 3 is 1.05 bits per heavy atom. The number of fused-ring (bicyclic) bond motifs is 11. The van der Waals surface area contributed by atoms with Crippen molar-refractivity contribution in [2.45, 2.75) is 0 Å². The summed E-state index contributed by atoms with van der Waals surface area (Å²) in [6, 6.07) is 90.4. The lowest BCUT2D eigenvalue weighted by molar-refractivity contribution is 0.668. The van der Waals surface area contributed by atoms with Crippen molar-refractivity contribution in [2.75, 3.05) is 9.80 Å². The van der Waals surface area contributed by atoms with Gasteiger partial charge in [-0.3, -0.25) is 0 Å². The molecule has 5 heteroatoms. The Morgan fingerprint density at radius 1 is 0.233 bits per heavy atom. The summed E-state index contributed by atoms with van der Waals surface area (Å²) in [6.45, 7) is 0. The molecule has 15 aromatic rings. The standard InChI is InChI=1S/C68H42N2O3/c1-5-17-43(18-6-1)65-57(33-35-61-67(65)53-25-13-15-27-59(53)71-61)69(49-21-9-3-10-22-49)51-31-29-45-39-55-56-40-46-30-32-52(38-48(46)42-64(56)73-63(55)41-47(45)37-51)70(50-23-11-4-12-24-50)58-34-36-62-68(54-26-14-16-28-60(54)72-62)66(58)44-19-7-2-8-20-44/h1-42H. The maximum absolute atomic E-state index is 6.87. The zero-order valence-corrected chi connectivity index (χ0v) is 39.4. The zero-order chi connectivity index (χ0) is 48.0. The van der Waals surface area contributed by atoms with E-state index in [1.54, 1.807) is 0 Å². The summed E-state index contributed by atoms with van der Waals surface area (Å²) >= 11 is 0. The third kappa shape index (κ3) is 6.63. The first kappa shape index (κ1) is 41.0. The van der Waals surface area contributed by atoms with Crippen molar-refractivity contribution in [3.63, 3.8) is 0 Å². The van der Waals surface area contributed by atoms with E-state index in [1.165, 1.54) is 0 Å². The molecule has 0 aliphatic carbocycles. The number of hydrogen-bond donors (Lipinski definition) is 0. The van der Waals surface area contributed by atoms with Crippen LogP contribution in [0.15, 0.2) is 268 Å². The Labute approximate surface area is 419 Å². The molecule has 0 aliphatic heterocycles. The molecule has 73 heavy (non-hydrogen) atoms. The summed E-state index contributed by atoms with van der Waals surface area (Å²) in [5, 5.41) is 11.0. The minimum Gasteiger partial charge on any atom is -0.456 e. The van der Waals surface area contributed by atoms with Gasteiger partial charge < -0.3 is 23.1 Å². The average molecular weight is 935 g/mol. The molecule has 0 N–H and O–H groups in total. The molecule has 12 aromatic carbocycles. The van der Waals surface area contributed by atoms with Gasteiger partial charge in [0.2, 0.25) is 0 Å². The van der Waals surface area contributed by atoms with Crippen molar-refractivity contribution in [3.8, 4) is 22.3 Å². The molecule has 0 bridgehead atoms. The van der Waals surface area contributed by atoms with Gasteiger partial charge in [0.25, 0.3) is 0 Å². The summed E-state index contributed by atoms with van der Waals surface area (Å²) in [6.07, 6.45) is 0. The second-order valence-corrected chi connectivity index (χ2v) is 18.8. The fourth-order valence-electron chi connectivity index (χ4n) is 11.3. The van der Waals surface area contributed by atoms with E-state index in [0.29, 0.717) is 0 Å². The van der Waals surface area contributed by atoms with Crippen LogP contribution >= 0.6 is 0 Å². The van der Waals surface area contributed by atoms with Gasteiger partial charge in [-0.15, -0.1) is 0 Å². The summed E-state index contributed by atoms with van der Waals surface area (Å²) in [5.74, 6) is 0. The summed E-state index contributed by atoms with van der Waals surface area (Å²) in [5.41, 5.74) is 15.9. The summed E-state index contributed by atoms with van der Waals surface area (Å²) in [4.78, 5) is 4.74. The van der Waals surface area contributed by atoms with Crippen LogP contribution in [0, 0.1) is 0 Å². The van der Waals surface area contributed by atoms with E-state index in [9.17, 15) is 0 Å². The summed E-state index contributed by atoms with van der Waals surface area (Å²) < 4.78 is 19.8. The van der Waals surface area contributed by atoms with Crippen LogP contribution in [-0.4, -0.2) is 0 Å². The maximum atomic E-state index is 6.87. The van der Waals surface area contributed by atoms with Gasteiger partial charge in [-0.05, 0) is 142 Å². The smallest absolute Gasteiger partial charge is 0.136 e. The number of nitrogens with zero attached hydrogens (tertiary/aromatic N) is 2. The Kier molecular flexibility index (Phi) is 9.19. The predicted molar refractivity (Wildman–Crippen MR) is 304 cm³/mol. The molecule has 3 heterocycles. The molecule has 0 unspecified atom stereocenters. The van der Waals surface area contributed by atoms with Crippen molar-refractivity contribution in [2.24, 2.45) is 0 Å². The van der Waals surface area contributed by atoms with Gasteiger partial charge in [-0.2, -0.15) is 0 Å². The second kappa shape index (κ2) is 16.4. The van der Waals surface area contributed by atoms with Gasteiger partial charge in [-0.25, -0.2) is 0 Å². The predicted octanol–water partition coefficient (Wildman–Crippen LogP) is 20.0. The molecule has 5 nitrogen and oxygen atoms in total. The molecule has 0 saturated carbocycles. The van der Waals surface area contributed by atoms with E-state index in [2.05, 4.69) is 240 Å². The SMILES string of the molecule is c1ccc(-c2c(N(c3ccccc3)c3ccc4cc5c(cc4c3)oc3cc4cc(N(c6ccccc6)c6ccc7oc8ccccc8c7c6-c6ccccc6)ccc4cc35)ccc3oc4ccccc4c23)cc1. The molecular formula is C68H42N2O3. The fourth-order valence-corrected chi connectivity index (χ4v) is 11.3. The molecule has 0 aliphatic rings. The van der Waals surface area contributed by atoms with Crippen molar-refractivity contribution in [3.05, 3.63) is 255 Å². The minimum absolute atomic E-state index is 0.844. The largest absolute Gasteiger partial charge is 0.456 e. The average Bonchev–Trinajstić information content (AvgIpc) is 4.13. The first-order valence-corrected chi connectivity index (χ1v) is 24.7. The molecule has 0 amide bonds. The highest BCUT2D eigenvalue weighted by Gasteiger charge is 2.25. The fraction of sp³-hybridized carbons (Fsp3) is 0. The third-order valence-corrected chi connectivity index (χ3v) is 14.5. The molecule has 0 spiro atoms. The highest BCUT2D eigenvalue weighted by Crippen LogP contribution is 2.50. The number of hydrogen-bond acceptors (Lipinski definition) is 5. The summed E-state index contributed by atoms with van der Waals surface area (Å²) in [7, 11) is 0. The first-order valence-electron chi connectivity index (χ1n) is 24.7. The minimum atomic E-state index is 0.844. The molecule has 3 aromatic heterocycles. The molecule has 342 valence electrons. The highest BCUT2D eigenvalue weighted by molar-refractivity contribution is 6.19. The molecular weight excluding hydrogens is 893 g/mol. The van der Waals surface area contributed by atoms with Crippen LogP contribution in [-0.2, 0) is 0 Å². The van der Waals surface area contributed by atoms with Crippen LogP contribution in [0.25, 0.3) is 110 Å². The van der Waals surface area contributed by atoms with Crippen LogP contribution in [0.5, 0.6) is 0 Å². The first-order chi connectivity index (χ1) is 36.2. The Hall–Kier alpha value is -9.84. The van der Waals surface area contributed by atoms with E-state index in [0.717, 1.165) is 144 Å². The maximum Gasteiger partial charge on any atom is 0.136 e. The quantitative estimate of drug-likeness (QED) is 0.152. The van der Waals surface area contributed by atoms with E-state index >= 15 is 0 Å². The van der Waals surface area contributed by atoms with Gasteiger partial charge in [0.1, 0.15) is 33.5 Å². The van der Waals surface area contributed by atoms with Crippen molar-refractivity contribution in [1.82, 2.24) is 0 Å². The lowest BCUT2D eigenvalue weighted by Gasteiger charge is -2.28. The van der Waals surface area contributed by atoms with E-state index < -0.39 is 0 Å². The van der Waals surface area contributed by atoms with Gasteiger partial charge in [0.15, 0.2) is 0 Å². The number of anilines is 6. The van der Waals surface area contributed by atoms with E-state index in [4.69, 9.17) is 13.3 Å². The topological polar surface area (TPSA) is 45.9 Å². The van der Waals surface area contributed by atoms with Crippen LogP contribution < -0.4 is 9.80 Å². The van der Waals surface area contributed by atoms with E-state index in [-0.39, 0.29) is 0 Å². The Morgan fingerprint density at radius 2 is 0.616 bits per heavy atom. The van der Waals surface area contributed by atoms with Crippen LogP contribution in [0.1, 0.15) is 0 Å². The third-order valence-electron chi connectivity index (χ3n) is 14.5. The van der Waals surface area contributed by atoms with Gasteiger partial charge >= 0.3 is 0 Å². The molecule has 0 atom stereocenters. The van der Waals surface area contributed by atoms with Crippen LogP contribution in [0.4, 0.5) is 34.1 Å². The number of benzene rings is 12. The Balaban J connectivity index is 0.879. The van der Waals surface area contributed by atoms with Gasteiger partial charge in [0.05, 0.1) is 11.4 Å². The van der Waals surface area contributed by atoms with Crippen molar-refractivity contribution >= 4 is 121 Å². The molecule has 0 radical (unpaired) electrons. The zero-order valence-electron chi connectivity index (χ0n) is 39.4. The van der Waals surface area contributed by atoms with Crippen molar-refractivity contribution < 1.29 is 13.3 Å². The van der Waals surface area contributed by atoms with Gasteiger partial charge in [-0.1, -0.05) is 146 Å². The monoisotopic (exact) mass is 934 g/mol. The second-order valence-electron chi connectivity index (χ2n) is 18.8. The van der Waals surface area contributed by atoms with Crippen LogP contribution in [0.2, 0.25) is 0 Å². The molecule has 0 fully saturated rings. The Bertz CT molecular complexity index is 4320. The van der Waals surface area contributed by atoms with Gasteiger partial charge in [0, 0.05) is 66.2 Å². The number of para-hydroxylation sites is 4. The normalized spacial score (nSPS) is 11.8.